The van der Waals surface area contributed by atoms with Gasteiger partial charge >= 0.3 is 17.6 Å². The SMILES string of the molecule is CO[Si](CCCNCCNC[C@@H](O)COCCC[Si](OC)(OC)OC)(OC)OC. The number of nitrogens with one attached hydrogen (secondary N) is 2. The number of aliphatic hydroxyl groups excluding tert-OH is 1. The molecule has 0 bridgehead atoms. The minimum Gasteiger partial charge on any atom is -0.389 e. The van der Waals surface area contributed by atoms with E-state index in [1.165, 1.54) is 0 Å². The lowest BCUT2D eigenvalue weighted by atomic mass is 10.3. The molecule has 29 heavy (non-hydrogen) atoms. The number of hydrogen-bond donors (Lipinski definition) is 3. The topological polar surface area (TPSA) is 109 Å². The van der Waals surface area contributed by atoms with Gasteiger partial charge in [0.15, 0.2) is 0 Å². The van der Waals surface area contributed by atoms with E-state index in [4.69, 9.17) is 31.3 Å². The first-order valence-electron chi connectivity index (χ1n) is 9.95. The number of ether oxygens (including phenoxy) is 1. The molecule has 0 saturated heterocycles. The van der Waals surface area contributed by atoms with Crippen LogP contribution in [-0.4, -0.2) is 111 Å². The maximum absolute atomic E-state index is 9.95. The van der Waals surface area contributed by atoms with Gasteiger partial charge in [-0.25, -0.2) is 0 Å². The Balaban J connectivity index is 3.60. The molecule has 0 spiro atoms. The fraction of sp³-hybridized carbons (Fsp3) is 1.00. The van der Waals surface area contributed by atoms with E-state index in [9.17, 15) is 5.11 Å². The van der Waals surface area contributed by atoms with Gasteiger partial charge in [0, 0.05) is 81.0 Å². The molecule has 0 rings (SSSR count). The van der Waals surface area contributed by atoms with E-state index in [1.54, 1.807) is 42.7 Å². The fourth-order valence-electron chi connectivity index (χ4n) is 2.78. The Morgan fingerprint density at radius 3 is 1.69 bits per heavy atom. The molecular weight excluding hydrogens is 416 g/mol. The molecule has 1 atom stereocenters. The van der Waals surface area contributed by atoms with Crippen molar-refractivity contribution in [1.82, 2.24) is 10.6 Å². The summed E-state index contributed by atoms with van der Waals surface area (Å²) in [6, 6.07) is 1.45. The third-order valence-corrected chi connectivity index (χ3v) is 10.3. The monoisotopic (exact) mass is 458 g/mol. The fourth-order valence-corrected chi connectivity index (χ4v) is 6.19. The van der Waals surface area contributed by atoms with E-state index >= 15 is 0 Å². The maximum Gasteiger partial charge on any atom is 0.500 e. The van der Waals surface area contributed by atoms with Gasteiger partial charge in [0.1, 0.15) is 0 Å². The average molecular weight is 459 g/mol. The third kappa shape index (κ3) is 12.5. The van der Waals surface area contributed by atoms with Crippen LogP contribution >= 0.6 is 0 Å². The van der Waals surface area contributed by atoms with E-state index in [2.05, 4.69) is 10.6 Å². The molecule has 0 saturated carbocycles. The average Bonchev–Trinajstić information content (AvgIpc) is 2.76. The van der Waals surface area contributed by atoms with Gasteiger partial charge in [-0.15, -0.1) is 0 Å². The highest BCUT2D eigenvalue weighted by Gasteiger charge is 2.37. The van der Waals surface area contributed by atoms with Gasteiger partial charge in [-0.1, -0.05) is 0 Å². The van der Waals surface area contributed by atoms with E-state index < -0.39 is 23.7 Å². The summed E-state index contributed by atoms with van der Waals surface area (Å²) in [4.78, 5) is 0. The van der Waals surface area contributed by atoms with E-state index in [0.29, 0.717) is 25.8 Å². The van der Waals surface area contributed by atoms with Gasteiger partial charge in [0.25, 0.3) is 0 Å². The number of rotatable bonds is 21. The van der Waals surface area contributed by atoms with Crippen LogP contribution in [0.3, 0.4) is 0 Å². The minimum absolute atomic E-state index is 0.291. The van der Waals surface area contributed by atoms with Gasteiger partial charge in [0.2, 0.25) is 0 Å². The van der Waals surface area contributed by atoms with E-state index in [0.717, 1.165) is 38.5 Å². The number of hydrogen-bond acceptors (Lipinski definition) is 10. The van der Waals surface area contributed by atoms with Gasteiger partial charge in [0.05, 0.1) is 12.7 Å². The summed E-state index contributed by atoms with van der Waals surface area (Å²) in [5.41, 5.74) is 0. The lowest BCUT2D eigenvalue weighted by Gasteiger charge is -2.24. The molecule has 0 amide bonds. The second-order valence-corrected chi connectivity index (χ2v) is 12.7. The molecule has 12 heteroatoms. The van der Waals surface area contributed by atoms with Crippen molar-refractivity contribution >= 4 is 17.6 Å². The maximum atomic E-state index is 9.95. The molecule has 10 nitrogen and oxygen atoms in total. The smallest absolute Gasteiger partial charge is 0.389 e. The van der Waals surface area contributed by atoms with Crippen LogP contribution in [0, 0.1) is 0 Å². The zero-order chi connectivity index (χ0) is 22.0. The molecule has 0 radical (unpaired) electrons. The van der Waals surface area contributed by atoms with E-state index in [1.807, 2.05) is 0 Å². The Morgan fingerprint density at radius 1 is 0.690 bits per heavy atom. The van der Waals surface area contributed by atoms with Crippen LogP contribution in [0.1, 0.15) is 12.8 Å². The molecule has 176 valence electrons. The molecule has 0 aromatic carbocycles. The minimum atomic E-state index is -2.53. The summed E-state index contributed by atoms with van der Waals surface area (Å²) in [5.74, 6) is 0. The van der Waals surface area contributed by atoms with Crippen molar-refractivity contribution in [3.05, 3.63) is 0 Å². The molecule has 0 aromatic heterocycles. The zero-order valence-electron chi connectivity index (χ0n) is 19.0. The van der Waals surface area contributed by atoms with Gasteiger partial charge < -0.3 is 47.0 Å². The van der Waals surface area contributed by atoms with Gasteiger partial charge in [-0.2, -0.15) is 0 Å². The summed E-state index contributed by atoms with van der Waals surface area (Å²) in [5, 5.41) is 16.5. The van der Waals surface area contributed by atoms with Gasteiger partial charge in [-0.3, -0.25) is 0 Å². The summed E-state index contributed by atoms with van der Waals surface area (Å²) >= 11 is 0. The van der Waals surface area contributed by atoms with Crippen molar-refractivity contribution in [2.75, 3.05) is 82.1 Å². The second-order valence-electron chi connectivity index (χ2n) is 6.48. The standard InChI is InChI=1S/C17H42N2O8Si2/c1-21-28(22-2,23-3)13-7-9-18-10-11-19-15-17(20)16-27-12-8-14-29(24-4,25-5)26-6/h17-20H,7-16H2,1-6H3/t17-/m1/s1. The highest BCUT2D eigenvalue weighted by molar-refractivity contribution is 6.60. The van der Waals surface area contributed by atoms with E-state index in [-0.39, 0.29) is 0 Å². The summed E-state index contributed by atoms with van der Waals surface area (Å²) in [7, 11) is 4.66. The van der Waals surface area contributed by atoms with Crippen molar-refractivity contribution in [3.63, 3.8) is 0 Å². The lowest BCUT2D eigenvalue weighted by Crippen LogP contribution is -2.43. The Hall–Kier alpha value is 0.0338. The van der Waals surface area contributed by atoms with Crippen LogP contribution in [0.25, 0.3) is 0 Å². The Morgan fingerprint density at radius 2 is 1.17 bits per heavy atom. The molecule has 0 aliphatic rings. The number of aliphatic hydroxyl groups is 1. The first kappa shape index (κ1) is 29.0. The van der Waals surface area contributed by atoms with Crippen molar-refractivity contribution in [3.8, 4) is 0 Å². The summed E-state index contributed by atoms with van der Waals surface area (Å²) < 4.78 is 37.7. The molecule has 0 aromatic rings. The lowest BCUT2D eigenvalue weighted by molar-refractivity contribution is 0.0353. The van der Waals surface area contributed by atoms with Crippen LogP contribution in [0.2, 0.25) is 12.1 Å². The van der Waals surface area contributed by atoms with Crippen LogP contribution in [-0.2, 0) is 31.3 Å². The highest BCUT2D eigenvalue weighted by Crippen LogP contribution is 2.15. The van der Waals surface area contributed by atoms with Crippen LogP contribution in [0.15, 0.2) is 0 Å². The Bertz CT molecular complexity index is 361. The molecule has 0 heterocycles. The normalized spacial score (nSPS) is 13.8. The first-order valence-corrected chi connectivity index (χ1v) is 13.8. The Kier molecular flexibility index (Phi) is 17.7. The summed E-state index contributed by atoms with van der Waals surface area (Å²) in [6.45, 7) is 3.74. The second kappa shape index (κ2) is 17.7. The molecule has 3 N–H and O–H groups in total. The third-order valence-electron chi connectivity index (χ3n) is 4.64. The predicted molar refractivity (Wildman–Crippen MR) is 115 cm³/mol. The van der Waals surface area contributed by atoms with Crippen LogP contribution in [0.4, 0.5) is 0 Å². The molecule has 0 aliphatic carbocycles. The van der Waals surface area contributed by atoms with Crippen molar-refractivity contribution < 1.29 is 36.4 Å². The zero-order valence-corrected chi connectivity index (χ0v) is 21.0. The molecular formula is C17H42N2O8Si2. The quantitative estimate of drug-likeness (QED) is 0.162. The molecule has 0 aliphatic heterocycles. The van der Waals surface area contributed by atoms with Crippen molar-refractivity contribution in [2.45, 2.75) is 31.0 Å². The summed E-state index contributed by atoms with van der Waals surface area (Å²) in [6.07, 6.45) is 1.13. The van der Waals surface area contributed by atoms with Crippen LogP contribution < -0.4 is 10.6 Å². The largest absolute Gasteiger partial charge is 0.500 e. The van der Waals surface area contributed by atoms with Crippen molar-refractivity contribution in [1.29, 1.82) is 0 Å². The highest BCUT2D eigenvalue weighted by atomic mass is 28.4. The predicted octanol–water partition coefficient (Wildman–Crippen LogP) is 0.0795. The van der Waals surface area contributed by atoms with Crippen LogP contribution in [0.5, 0.6) is 0 Å². The Labute approximate surface area is 178 Å². The van der Waals surface area contributed by atoms with Crippen molar-refractivity contribution in [2.24, 2.45) is 0 Å². The van der Waals surface area contributed by atoms with Gasteiger partial charge in [-0.05, 0) is 19.4 Å². The first-order chi connectivity index (χ1) is 14.0. The molecule has 0 fully saturated rings. The molecule has 0 unspecified atom stereocenters.